The van der Waals surface area contributed by atoms with Crippen molar-refractivity contribution in [2.75, 3.05) is 23.3 Å². The zero-order valence-electron chi connectivity index (χ0n) is 17.9. The summed E-state index contributed by atoms with van der Waals surface area (Å²) in [6.45, 7) is 1.49. The Bertz CT molecular complexity index is 1190. The molecule has 1 saturated heterocycles. The molecule has 0 saturated carbocycles. The lowest BCUT2D eigenvalue weighted by molar-refractivity contribution is -0.120. The number of rotatable bonds is 6. The van der Waals surface area contributed by atoms with Gasteiger partial charge < -0.3 is 15.0 Å². The molecule has 0 spiro atoms. The quantitative estimate of drug-likeness (QED) is 0.487. The summed E-state index contributed by atoms with van der Waals surface area (Å²) in [4.78, 5) is 27.5. The van der Waals surface area contributed by atoms with Gasteiger partial charge in [-0.05, 0) is 49.2 Å². The molecule has 33 heavy (non-hydrogen) atoms. The first-order valence-electron chi connectivity index (χ1n) is 10.8. The molecule has 5 rings (SSSR count). The highest BCUT2D eigenvalue weighted by atomic mass is 16.5. The maximum atomic E-state index is 12.8. The Morgan fingerprint density at radius 3 is 2.36 bits per heavy atom. The van der Waals surface area contributed by atoms with Crippen LogP contribution >= 0.6 is 0 Å². The Labute approximate surface area is 191 Å². The first-order valence-corrected chi connectivity index (χ1v) is 10.8. The smallest absolute Gasteiger partial charge is 0.227 e. The molecular formula is C24H23N7O2. The second-order valence-electron chi connectivity index (χ2n) is 7.76. The van der Waals surface area contributed by atoms with E-state index in [1.165, 1.54) is 12.7 Å². The molecule has 1 aliphatic heterocycles. The predicted molar refractivity (Wildman–Crippen MR) is 123 cm³/mol. The molecule has 9 heteroatoms. The molecule has 4 aromatic rings. The molecule has 0 atom stereocenters. The molecule has 0 aliphatic carbocycles. The highest BCUT2D eigenvalue weighted by molar-refractivity contribution is 5.92. The van der Waals surface area contributed by atoms with E-state index in [-0.39, 0.29) is 11.8 Å². The third-order valence-corrected chi connectivity index (χ3v) is 5.58. The average molecular weight is 441 g/mol. The minimum absolute atomic E-state index is 0.0392. The van der Waals surface area contributed by atoms with Gasteiger partial charge in [0.05, 0.1) is 0 Å². The van der Waals surface area contributed by atoms with Crippen molar-refractivity contribution < 1.29 is 9.53 Å². The number of aromatic nitrogens is 5. The molecule has 1 fully saturated rings. The van der Waals surface area contributed by atoms with Gasteiger partial charge in [-0.25, -0.2) is 19.6 Å². The van der Waals surface area contributed by atoms with Gasteiger partial charge in [-0.3, -0.25) is 4.79 Å². The van der Waals surface area contributed by atoms with Crippen molar-refractivity contribution in [3.8, 4) is 17.3 Å². The van der Waals surface area contributed by atoms with Crippen LogP contribution in [0.25, 0.3) is 5.82 Å². The van der Waals surface area contributed by atoms with E-state index in [1.807, 2.05) is 60.7 Å². The van der Waals surface area contributed by atoms with Crippen LogP contribution in [0.1, 0.15) is 12.8 Å². The largest absolute Gasteiger partial charge is 0.457 e. The summed E-state index contributed by atoms with van der Waals surface area (Å²) in [5.41, 5.74) is 0.760. The minimum atomic E-state index is -0.0434. The van der Waals surface area contributed by atoms with Gasteiger partial charge in [0.1, 0.15) is 36.3 Å². The van der Waals surface area contributed by atoms with Gasteiger partial charge >= 0.3 is 0 Å². The third kappa shape index (κ3) is 4.98. The lowest BCUT2D eigenvalue weighted by atomic mass is 9.96. The Hall–Kier alpha value is -4.27. The fourth-order valence-electron chi connectivity index (χ4n) is 3.81. The Kier molecular flexibility index (Phi) is 5.92. The van der Waals surface area contributed by atoms with E-state index < -0.39 is 0 Å². The van der Waals surface area contributed by atoms with Gasteiger partial charge in [-0.1, -0.05) is 18.2 Å². The molecule has 0 radical (unpaired) electrons. The summed E-state index contributed by atoms with van der Waals surface area (Å²) in [5.74, 6) is 2.98. The van der Waals surface area contributed by atoms with Crippen LogP contribution in [0.3, 0.4) is 0 Å². The summed E-state index contributed by atoms with van der Waals surface area (Å²) in [6.07, 6.45) is 6.10. The lowest BCUT2D eigenvalue weighted by Gasteiger charge is -2.32. The summed E-state index contributed by atoms with van der Waals surface area (Å²) >= 11 is 0. The summed E-state index contributed by atoms with van der Waals surface area (Å²) in [6, 6.07) is 18.9. The monoisotopic (exact) mass is 441 g/mol. The van der Waals surface area contributed by atoms with Crippen molar-refractivity contribution in [3.05, 3.63) is 79.6 Å². The van der Waals surface area contributed by atoms with Crippen LogP contribution in [-0.4, -0.2) is 43.7 Å². The van der Waals surface area contributed by atoms with Gasteiger partial charge in [-0.15, -0.1) is 0 Å². The summed E-state index contributed by atoms with van der Waals surface area (Å²) in [7, 11) is 0. The molecule has 1 aliphatic rings. The van der Waals surface area contributed by atoms with Crippen molar-refractivity contribution >= 4 is 17.4 Å². The number of nitrogens with one attached hydrogen (secondary N) is 1. The molecule has 0 unspecified atom stereocenters. The number of hydrogen-bond acceptors (Lipinski definition) is 7. The molecule has 1 N–H and O–H groups in total. The van der Waals surface area contributed by atoms with Crippen LogP contribution in [0.5, 0.6) is 11.5 Å². The second-order valence-corrected chi connectivity index (χ2v) is 7.76. The number of ether oxygens (including phenoxy) is 1. The number of hydrogen-bond donors (Lipinski definition) is 1. The number of anilines is 2. The topological polar surface area (TPSA) is 98.1 Å². The predicted octanol–water partition coefficient (Wildman–Crippen LogP) is 3.70. The maximum Gasteiger partial charge on any atom is 0.227 e. The number of para-hydroxylation sites is 1. The fourth-order valence-corrected chi connectivity index (χ4v) is 3.81. The molecule has 2 aromatic heterocycles. The molecule has 166 valence electrons. The number of benzene rings is 2. The molecule has 3 heterocycles. The van der Waals surface area contributed by atoms with Crippen LogP contribution in [0.4, 0.5) is 11.5 Å². The number of nitrogens with zero attached hydrogens (tertiary/aromatic N) is 6. The highest BCUT2D eigenvalue weighted by Gasteiger charge is 2.26. The van der Waals surface area contributed by atoms with E-state index in [4.69, 9.17) is 4.74 Å². The molecule has 2 aromatic carbocycles. The zero-order valence-corrected chi connectivity index (χ0v) is 17.9. The number of carbonyl (C=O) groups is 1. The van der Waals surface area contributed by atoms with E-state index in [0.717, 1.165) is 48.9 Å². The SMILES string of the molecule is O=C(Nc1ccc(Oc2ccccc2)cc1)C1CCN(c2cc(-n3cncn3)ncn2)CC1. The first kappa shape index (κ1) is 20.6. The number of piperidine rings is 1. The number of amides is 1. The van der Waals surface area contributed by atoms with Crippen LogP contribution in [-0.2, 0) is 4.79 Å². The standard InChI is InChI=1S/C24H23N7O2/c32-24(29-19-6-8-21(9-7-19)33-20-4-2-1-3-5-20)18-10-12-30(13-11-18)22-14-23(27-16-26-22)31-17-25-15-28-31/h1-9,14-18H,10-13H2,(H,29,32). The summed E-state index contributed by atoms with van der Waals surface area (Å²) < 4.78 is 7.40. The van der Waals surface area contributed by atoms with E-state index in [9.17, 15) is 4.79 Å². The van der Waals surface area contributed by atoms with Crippen LogP contribution in [0, 0.1) is 5.92 Å². The summed E-state index contributed by atoms with van der Waals surface area (Å²) in [5, 5.41) is 7.14. The molecule has 9 nitrogen and oxygen atoms in total. The lowest BCUT2D eigenvalue weighted by Crippen LogP contribution is -2.38. The highest BCUT2D eigenvalue weighted by Crippen LogP contribution is 2.26. The zero-order chi connectivity index (χ0) is 22.5. The normalized spacial score (nSPS) is 14.1. The molecule has 0 bridgehead atoms. The third-order valence-electron chi connectivity index (χ3n) is 5.58. The van der Waals surface area contributed by atoms with E-state index in [0.29, 0.717) is 5.82 Å². The van der Waals surface area contributed by atoms with Gasteiger partial charge in [0.2, 0.25) is 5.91 Å². The first-order chi connectivity index (χ1) is 16.2. The Morgan fingerprint density at radius 1 is 0.909 bits per heavy atom. The van der Waals surface area contributed by atoms with Crippen molar-refractivity contribution in [1.29, 1.82) is 0 Å². The second kappa shape index (κ2) is 9.47. The number of carbonyl (C=O) groups excluding carboxylic acids is 1. The van der Waals surface area contributed by atoms with E-state index in [2.05, 4.69) is 30.3 Å². The van der Waals surface area contributed by atoms with Gasteiger partial charge in [0.15, 0.2) is 5.82 Å². The van der Waals surface area contributed by atoms with Crippen LogP contribution in [0.15, 0.2) is 79.6 Å². The van der Waals surface area contributed by atoms with Gasteiger partial charge in [-0.2, -0.15) is 5.10 Å². The van der Waals surface area contributed by atoms with E-state index in [1.54, 1.807) is 11.0 Å². The Morgan fingerprint density at radius 2 is 1.64 bits per heavy atom. The Balaban J connectivity index is 1.15. The van der Waals surface area contributed by atoms with Crippen LogP contribution in [0.2, 0.25) is 0 Å². The van der Waals surface area contributed by atoms with Crippen molar-refractivity contribution in [2.45, 2.75) is 12.8 Å². The fraction of sp³-hybridized carbons (Fsp3) is 0.208. The van der Waals surface area contributed by atoms with E-state index >= 15 is 0 Å². The van der Waals surface area contributed by atoms with Crippen molar-refractivity contribution in [1.82, 2.24) is 24.7 Å². The maximum absolute atomic E-state index is 12.8. The van der Waals surface area contributed by atoms with Crippen molar-refractivity contribution in [2.24, 2.45) is 5.92 Å². The minimum Gasteiger partial charge on any atom is -0.457 e. The average Bonchev–Trinajstić information content (AvgIpc) is 3.41. The van der Waals surface area contributed by atoms with Gasteiger partial charge in [0.25, 0.3) is 0 Å². The van der Waals surface area contributed by atoms with Crippen LogP contribution < -0.4 is 15.0 Å². The molecular weight excluding hydrogens is 418 g/mol. The van der Waals surface area contributed by atoms with Gasteiger partial charge in [0, 0.05) is 30.8 Å². The van der Waals surface area contributed by atoms with Crippen molar-refractivity contribution in [3.63, 3.8) is 0 Å². The molecule has 1 amide bonds.